The van der Waals surface area contributed by atoms with Gasteiger partial charge in [-0.2, -0.15) is 0 Å². The fraction of sp³-hybridized carbons (Fsp3) is 0.588. The number of aliphatic hydroxyl groups excluding tert-OH is 1. The molecular formula is C17H23FN2O3. The maximum absolute atomic E-state index is 13.1. The number of ether oxygens (including phenoxy) is 1. The number of carbonyl (C=O) groups excluding carboxylic acids is 1. The predicted octanol–water partition coefficient (Wildman–Crippen LogP) is 1.26. The van der Waals surface area contributed by atoms with Crippen LogP contribution in [-0.4, -0.2) is 65.7 Å². The zero-order valence-corrected chi connectivity index (χ0v) is 13.2. The van der Waals surface area contributed by atoms with Gasteiger partial charge in [-0.1, -0.05) is 6.07 Å². The van der Waals surface area contributed by atoms with Crippen LogP contribution in [0, 0.1) is 5.82 Å². The average Bonchev–Trinajstić information content (AvgIpc) is 2.99. The molecule has 1 aliphatic carbocycles. The molecule has 0 unspecified atom stereocenters. The molecule has 1 aromatic carbocycles. The van der Waals surface area contributed by atoms with Gasteiger partial charge in [-0.3, -0.25) is 9.69 Å². The minimum absolute atomic E-state index is 0.0739. The summed E-state index contributed by atoms with van der Waals surface area (Å²) in [5, 5.41) is 9.98. The summed E-state index contributed by atoms with van der Waals surface area (Å²) in [4.78, 5) is 16.2. The molecule has 1 aromatic rings. The molecule has 0 bridgehead atoms. The Morgan fingerprint density at radius 2 is 2.04 bits per heavy atom. The number of hydrogen-bond acceptors (Lipinski definition) is 4. The Morgan fingerprint density at radius 3 is 2.70 bits per heavy atom. The van der Waals surface area contributed by atoms with Crippen LogP contribution in [0.4, 0.5) is 4.39 Å². The molecule has 2 aliphatic rings. The number of rotatable bonds is 4. The predicted molar refractivity (Wildman–Crippen MR) is 83.7 cm³/mol. The molecule has 0 radical (unpaired) electrons. The Hall–Kier alpha value is -1.66. The lowest BCUT2D eigenvalue weighted by molar-refractivity contribution is -0.135. The van der Waals surface area contributed by atoms with E-state index in [1.807, 2.05) is 0 Å². The van der Waals surface area contributed by atoms with Crippen molar-refractivity contribution in [2.45, 2.75) is 31.4 Å². The van der Waals surface area contributed by atoms with E-state index in [1.54, 1.807) is 17.0 Å². The van der Waals surface area contributed by atoms with E-state index in [4.69, 9.17) is 4.74 Å². The van der Waals surface area contributed by atoms with E-state index in [9.17, 15) is 14.3 Å². The van der Waals surface area contributed by atoms with Gasteiger partial charge in [0.25, 0.3) is 5.91 Å². The van der Waals surface area contributed by atoms with Gasteiger partial charge in [0.05, 0.1) is 6.10 Å². The second kappa shape index (κ2) is 7.27. The van der Waals surface area contributed by atoms with Gasteiger partial charge in [0.2, 0.25) is 0 Å². The summed E-state index contributed by atoms with van der Waals surface area (Å²) in [6, 6.07) is 6.05. The van der Waals surface area contributed by atoms with Crippen molar-refractivity contribution in [2.75, 3.05) is 32.8 Å². The highest BCUT2D eigenvalue weighted by Gasteiger charge is 2.33. The van der Waals surface area contributed by atoms with Crippen molar-refractivity contribution < 1.29 is 19.0 Å². The Balaban J connectivity index is 1.45. The summed E-state index contributed by atoms with van der Waals surface area (Å²) < 4.78 is 18.4. The summed E-state index contributed by atoms with van der Waals surface area (Å²) in [5.41, 5.74) is 0. The molecule has 2 fully saturated rings. The number of amides is 1. The number of carbonyl (C=O) groups is 1. The van der Waals surface area contributed by atoms with Gasteiger partial charge in [0, 0.05) is 38.3 Å². The van der Waals surface area contributed by atoms with Crippen LogP contribution in [0.1, 0.15) is 19.3 Å². The minimum atomic E-state index is -0.376. The van der Waals surface area contributed by atoms with Crippen LogP contribution in [0.3, 0.4) is 0 Å². The molecule has 1 aliphatic heterocycles. The lowest BCUT2D eigenvalue weighted by Crippen LogP contribution is -2.54. The standard InChI is InChI=1S/C17H23FN2O3/c18-13-3-1-4-14(11-13)23-12-17(22)20-9-7-19(8-10-20)15-5-2-6-16(15)21/h1,3-4,11,15-16,21H,2,5-10,12H2/t15-,16-/m1/s1. The van der Waals surface area contributed by atoms with Gasteiger partial charge in [-0.15, -0.1) is 0 Å². The highest BCUT2D eigenvalue weighted by molar-refractivity contribution is 5.77. The van der Waals surface area contributed by atoms with Crippen LogP contribution >= 0.6 is 0 Å². The summed E-state index contributed by atoms with van der Waals surface area (Å²) in [6.07, 6.45) is 2.77. The number of benzene rings is 1. The molecule has 6 heteroatoms. The lowest BCUT2D eigenvalue weighted by Gasteiger charge is -2.39. The van der Waals surface area contributed by atoms with Crippen molar-refractivity contribution in [3.05, 3.63) is 30.1 Å². The van der Waals surface area contributed by atoms with Gasteiger partial charge in [-0.05, 0) is 31.4 Å². The number of hydrogen-bond donors (Lipinski definition) is 1. The summed E-state index contributed by atoms with van der Waals surface area (Å²) >= 11 is 0. The normalized spacial score (nSPS) is 25.6. The first kappa shape index (κ1) is 16.2. The Morgan fingerprint density at radius 1 is 1.26 bits per heavy atom. The van der Waals surface area contributed by atoms with Crippen LogP contribution in [0.5, 0.6) is 5.75 Å². The van der Waals surface area contributed by atoms with Crippen molar-refractivity contribution in [1.82, 2.24) is 9.80 Å². The van der Waals surface area contributed by atoms with E-state index < -0.39 is 0 Å². The second-order valence-corrected chi connectivity index (χ2v) is 6.23. The van der Waals surface area contributed by atoms with Crippen molar-refractivity contribution >= 4 is 5.91 Å². The third-order valence-electron chi connectivity index (χ3n) is 4.74. The first-order valence-corrected chi connectivity index (χ1v) is 8.22. The van der Waals surface area contributed by atoms with Crippen LogP contribution in [0.15, 0.2) is 24.3 Å². The summed E-state index contributed by atoms with van der Waals surface area (Å²) in [6.45, 7) is 2.79. The molecule has 0 spiro atoms. The number of piperazine rings is 1. The molecule has 23 heavy (non-hydrogen) atoms. The second-order valence-electron chi connectivity index (χ2n) is 6.23. The molecule has 1 heterocycles. The molecule has 5 nitrogen and oxygen atoms in total. The van der Waals surface area contributed by atoms with E-state index in [1.165, 1.54) is 12.1 Å². The summed E-state index contributed by atoms with van der Waals surface area (Å²) in [5.74, 6) is -0.0920. The van der Waals surface area contributed by atoms with E-state index in [2.05, 4.69) is 4.90 Å². The van der Waals surface area contributed by atoms with Gasteiger partial charge in [0.1, 0.15) is 11.6 Å². The Labute approximate surface area is 135 Å². The first-order valence-electron chi connectivity index (χ1n) is 8.22. The third kappa shape index (κ3) is 4.00. The fourth-order valence-electron chi connectivity index (χ4n) is 3.44. The molecule has 1 amide bonds. The smallest absolute Gasteiger partial charge is 0.260 e. The Bertz CT molecular complexity index is 546. The molecule has 1 N–H and O–H groups in total. The molecule has 2 atom stereocenters. The number of halogens is 1. The molecule has 3 rings (SSSR count). The van der Waals surface area contributed by atoms with Crippen molar-refractivity contribution in [3.63, 3.8) is 0 Å². The zero-order chi connectivity index (χ0) is 16.2. The molecule has 0 aromatic heterocycles. The maximum atomic E-state index is 13.1. The SMILES string of the molecule is O=C(COc1cccc(F)c1)N1CCN([C@@H]2CCC[C@H]2O)CC1. The lowest BCUT2D eigenvalue weighted by atomic mass is 10.1. The topological polar surface area (TPSA) is 53.0 Å². The van der Waals surface area contributed by atoms with Gasteiger partial charge in [-0.25, -0.2) is 4.39 Å². The van der Waals surface area contributed by atoms with Crippen molar-refractivity contribution in [1.29, 1.82) is 0 Å². The van der Waals surface area contributed by atoms with Crippen LogP contribution in [0.25, 0.3) is 0 Å². The van der Waals surface area contributed by atoms with Crippen LogP contribution < -0.4 is 4.74 Å². The van der Waals surface area contributed by atoms with Crippen LogP contribution in [-0.2, 0) is 4.79 Å². The monoisotopic (exact) mass is 322 g/mol. The number of nitrogens with zero attached hydrogens (tertiary/aromatic N) is 2. The molecule has 1 saturated heterocycles. The molecule has 1 saturated carbocycles. The average molecular weight is 322 g/mol. The van der Waals surface area contributed by atoms with Crippen molar-refractivity contribution in [2.24, 2.45) is 0 Å². The van der Waals surface area contributed by atoms with E-state index >= 15 is 0 Å². The largest absolute Gasteiger partial charge is 0.484 e. The zero-order valence-electron chi connectivity index (χ0n) is 13.2. The summed E-state index contributed by atoms with van der Waals surface area (Å²) in [7, 11) is 0. The van der Waals surface area contributed by atoms with E-state index in [0.717, 1.165) is 32.4 Å². The minimum Gasteiger partial charge on any atom is -0.484 e. The number of aliphatic hydroxyl groups is 1. The van der Waals surface area contributed by atoms with Gasteiger partial charge >= 0.3 is 0 Å². The third-order valence-corrected chi connectivity index (χ3v) is 4.74. The van der Waals surface area contributed by atoms with Crippen LogP contribution in [0.2, 0.25) is 0 Å². The van der Waals surface area contributed by atoms with E-state index in [-0.39, 0.29) is 30.5 Å². The fourth-order valence-corrected chi connectivity index (χ4v) is 3.44. The highest BCUT2D eigenvalue weighted by Crippen LogP contribution is 2.25. The quantitative estimate of drug-likeness (QED) is 0.907. The first-order chi connectivity index (χ1) is 11.1. The van der Waals surface area contributed by atoms with E-state index in [0.29, 0.717) is 18.8 Å². The van der Waals surface area contributed by atoms with Crippen molar-refractivity contribution in [3.8, 4) is 5.75 Å². The van der Waals surface area contributed by atoms with Gasteiger partial charge in [0.15, 0.2) is 6.61 Å². The van der Waals surface area contributed by atoms with Gasteiger partial charge < -0.3 is 14.7 Å². The maximum Gasteiger partial charge on any atom is 0.260 e. The highest BCUT2D eigenvalue weighted by atomic mass is 19.1. The molecular weight excluding hydrogens is 299 g/mol. The molecule has 126 valence electrons. The Kier molecular flexibility index (Phi) is 5.13.